The molecule has 334 valence electrons. The summed E-state index contributed by atoms with van der Waals surface area (Å²) in [6, 6.07) is 9.98. The number of nitriles is 3. The molecule has 0 saturated carbocycles. The lowest BCUT2D eigenvalue weighted by atomic mass is 10.3. The quantitative estimate of drug-likeness (QED) is 0.0896. The van der Waals surface area contributed by atoms with Gasteiger partial charge in [0.2, 0.25) is 0 Å². The van der Waals surface area contributed by atoms with Gasteiger partial charge in [0.25, 0.3) is 5.69 Å². The zero-order valence-electron chi connectivity index (χ0n) is 30.1. The van der Waals surface area contributed by atoms with Crippen LogP contribution in [0.15, 0.2) is 81.0 Å². The van der Waals surface area contributed by atoms with Crippen molar-refractivity contribution in [1.82, 2.24) is 24.9 Å². The molecule has 0 N–H and O–H groups in total. The van der Waals surface area contributed by atoms with Crippen LogP contribution in [0.25, 0.3) is 0 Å². The fraction of sp³-hybridized carbons (Fsp3) is 0.0667. The van der Waals surface area contributed by atoms with Gasteiger partial charge in [-0.2, -0.15) is 29.0 Å². The number of rotatable bonds is 5. The van der Waals surface area contributed by atoms with Crippen molar-refractivity contribution >= 4 is 151 Å². The van der Waals surface area contributed by atoms with Gasteiger partial charge in [0.1, 0.15) is 55.9 Å². The van der Waals surface area contributed by atoms with Crippen molar-refractivity contribution in [3.05, 3.63) is 149 Å². The maximum absolute atomic E-state index is 11.7. The van der Waals surface area contributed by atoms with Crippen molar-refractivity contribution in [2.45, 2.75) is 11.2 Å². The van der Waals surface area contributed by atoms with Crippen molar-refractivity contribution < 1.29 is 41.3 Å². The van der Waals surface area contributed by atoms with Crippen LogP contribution in [0.1, 0.15) is 22.8 Å². The third-order valence-corrected chi connectivity index (χ3v) is 11.9. The number of alkyl halides is 3. The van der Waals surface area contributed by atoms with Crippen LogP contribution in [0, 0.1) is 74.5 Å². The van der Waals surface area contributed by atoms with Gasteiger partial charge in [0.05, 0.1) is 32.0 Å². The van der Waals surface area contributed by atoms with E-state index in [1.807, 2.05) is 0 Å². The summed E-state index contributed by atoms with van der Waals surface area (Å²) in [6.07, 6.45) is 1.05. The Labute approximate surface area is 414 Å². The molecule has 0 amide bonds. The number of pyridine rings is 5. The molecule has 5 aromatic rings. The Hall–Kier alpha value is -4.98. The van der Waals surface area contributed by atoms with E-state index in [1.54, 1.807) is 18.2 Å². The van der Waals surface area contributed by atoms with Crippen molar-refractivity contribution in [2.75, 3.05) is 6.26 Å². The van der Waals surface area contributed by atoms with Gasteiger partial charge in [-0.15, -0.1) is 0 Å². The average Bonchev–Trinajstić information content (AvgIpc) is 3.19. The number of hydrogen-bond donors (Lipinski definition) is 0. The molecule has 0 saturated heterocycles. The Morgan fingerprint density at radius 2 is 1.16 bits per heavy atom. The van der Waals surface area contributed by atoms with E-state index in [1.165, 1.54) is 24.4 Å². The SMILES string of the molecule is CS(=O)(=O)c1ncc(Br)c([N+](=O)[O-])c1Br.FC(F)(F)c1ccccn1.N#Cc1nc(Br)cc([N+](=O)[O-])c1Br.N#Cc1ncc(Br)c([N+](=O)[O-])c1Br.N#Cc1ncc(Cl)c([N+](=O)[O-])c1Cl. The van der Waals surface area contributed by atoms with Crippen LogP contribution in [-0.4, -0.2) is 59.3 Å². The second-order valence-electron chi connectivity index (χ2n) is 10.3. The molecule has 5 rings (SSSR count). The van der Waals surface area contributed by atoms with Crippen LogP contribution >= 0.6 is 119 Å². The molecule has 0 radical (unpaired) electrons. The minimum Gasteiger partial charge on any atom is -0.258 e. The highest BCUT2D eigenvalue weighted by Crippen LogP contribution is 2.37. The maximum atomic E-state index is 11.7. The molecule has 0 spiro atoms. The Morgan fingerprint density at radius 1 is 0.672 bits per heavy atom. The molecule has 0 bridgehead atoms. The van der Waals surface area contributed by atoms with Crippen LogP contribution in [0.5, 0.6) is 0 Å². The first-order valence-electron chi connectivity index (χ1n) is 14.9. The first kappa shape index (κ1) is 57.0. The van der Waals surface area contributed by atoms with E-state index >= 15 is 0 Å². The summed E-state index contributed by atoms with van der Waals surface area (Å²) < 4.78 is 58.3. The number of sulfone groups is 1. The lowest BCUT2D eigenvalue weighted by Crippen LogP contribution is -2.06. The highest BCUT2D eigenvalue weighted by molar-refractivity contribution is 9.11. The molecule has 22 nitrogen and oxygen atoms in total. The van der Waals surface area contributed by atoms with Gasteiger partial charge in [-0.3, -0.25) is 45.4 Å². The van der Waals surface area contributed by atoms with Gasteiger partial charge in [-0.1, -0.05) is 29.3 Å². The van der Waals surface area contributed by atoms with E-state index in [4.69, 9.17) is 39.0 Å². The number of nitro groups is 4. The number of nitrogens with zero attached hydrogens (tertiary/aromatic N) is 12. The maximum Gasteiger partial charge on any atom is 0.433 e. The third kappa shape index (κ3) is 16.5. The molecule has 0 unspecified atom stereocenters. The molecular weight excluding hydrogens is 1330 g/mol. The first-order valence-corrected chi connectivity index (χ1v) is 22.3. The Morgan fingerprint density at radius 3 is 1.56 bits per heavy atom. The summed E-state index contributed by atoms with van der Waals surface area (Å²) >= 11 is 28.5. The van der Waals surface area contributed by atoms with Gasteiger partial charge >= 0.3 is 23.2 Å². The van der Waals surface area contributed by atoms with Crippen LogP contribution in [0.4, 0.5) is 35.9 Å². The number of aromatic nitrogens is 5. The zero-order chi connectivity index (χ0) is 49.4. The summed E-state index contributed by atoms with van der Waals surface area (Å²) in [7, 11) is -3.59. The fourth-order valence-electron chi connectivity index (χ4n) is 3.49. The van der Waals surface area contributed by atoms with Crippen LogP contribution in [0.2, 0.25) is 10.0 Å². The highest BCUT2D eigenvalue weighted by atomic mass is 79.9. The predicted octanol–water partition coefficient (Wildman–Crippen LogP) is 11.0. The average molecular weight is 1340 g/mol. The molecule has 0 fully saturated rings. The Bertz CT molecular complexity index is 2800. The van der Waals surface area contributed by atoms with E-state index < -0.39 is 47.1 Å². The second kappa shape index (κ2) is 25.5. The monoisotopic (exact) mass is 1330 g/mol. The van der Waals surface area contributed by atoms with E-state index in [-0.39, 0.29) is 76.2 Å². The second-order valence-corrected chi connectivity index (χ2v) is 17.9. The van der Waals surface area contributed by atoms with Crippen molar-refractivity contribution in [2.24, 2.45) is 0 Å². The largest absolute Gasteiger partial charge is 0.433 e. The van der Waals surface area contributed by atoms with Gasteiger partial charge in [0, 0.05) is 24.8 Å². The smallest absolute Gasteiger partial charge is 0.258 e. The van der Waals surface area contributed by atoms with Crippen molar-refractivity contribution in [3.63, 3.8) is 0 Å². The standard InChI is InChI=1S/2C6HBr2N3O2.C6H4Br2N2O4S.C6HCl2N3O2.C6H4F3N/c7-3-2-10-4(1-9)5(8)6(3)11(12)13;7-5-1-4(11(12)13)6(8)3(2-9)10-5;1-15(13,14)6-4(8)5(10(11)12)3(7)2-9-6;7-3-2-10-4(1-9)5(8)6(3)11(12)13;7-6(8,9)5-3-1-2-4-10-5/h2H;1H;2H,1H3;2H;1-4H. The third-order valence-electron chi connectivity index (χ3n) is 6.09. The van der Waals surface area contributed by atoms with Crippen molar-refractivity contribution in [3.8, 4) is 18.2 Å². The molecule has 5 heterocycles. The molecular formula is C30H11Br6Cl2F3N12O10S. The summed E-state index contributed by atoms with van der Waals surface area (Å²) in [5, 5.41) is 66.7. The molecule has 0 aliphatic heterocycles. The summed E-state index contributed by atoms with van der Waals surface area (Å²) in [4.78, 5) is 57.1. The van der Waals surface area contributed by atoms with Gasteiger partial charge in [0.15, 0.2) is 37.0 Å². The molecule has 0 atom stereocenters. The van der Waals surface area contributed by atoms with E-state index in [0.717, 1.165) is 30.9 Å². The van der Waals surface area contributed by atoms with Crippen molar-refractivity contribution in [1.29, 1.82) is 15.8 Å². The minimum atomic E-state index is -4.32. The minimum absolute atomic E-state index is 0.00472. The molecule has 0 aromatic carbocycles. The first-order chi connectivity index (χ1) is 29.6. The van der Waals surface area contributed by atoms with Gasteiger partial charge in [-0.05, 0) is 108 Å². The number of halogens is 11. The molecule has 0 aliphatic carbocycles. The predicted molar refractivity (Wildman–Crippen MR) is 236 cm³/mol. The Balaban J connectivity index is 0.000000402. The fourth-order valence-corrected chi connectivity index (χ4v) is 8.83. The van der Waals surface area contributed by atoms with E-state index in [9.17, 15) is 62.0 Å². The summed E-state index contributed by atoms with van der Waals surface area (Å²) in [5.74, 6) is 0. The lowest BCUT2D eigenvalue weighted by Gasteiger charge is -2.02. The normalized spacial score (nSPS) is 10.1. The molecule has 5 aromatic heterocycles. The van der Waals surface area contributed by atoms with Gasteiger partial charge in [-0.25, -0.2) is 28.4 Å². The van der Waals surface area contributed by atoms with E-state index in [0.29, 0.717) is 0 Å². The highest BCUT2D eigenvalue weighted by Gasteiger charge is 2.31. The van der Waals surface area contributed by atoms with Gasteiger partial charge < -0.3 is 0 Å². The summed E-state index contributed by atoms with van der Waals surface area (Å²) in [6.45, 7) is 0. The molecule has 34 heteroatoms. The van der Waals surface area contributed by atoms with Crippen LogP contribution in [0.3, 0.4) is 0 Å². The summed E-state index contributed by atoms with van der Waals surface area (Å²) in [5.41, 5.74) is -2.30. The van der Waals surface area contributed by atoms with Crippen LogP contribution in [-0.2, 0) is 16.0 Å². The zero-order valence-corrected chi connectivity index (χ0v) is 42.0. The molecule has 64 heavy (non-hydrogen) atoms. The lowest BCUT2D eigenvalue weighted by molar-refractivity contribution is -0.386. The van der Waals surface area contributed by atoms with Crippen LogP contribution < -0.4 is 0 Å². The topological polar surface area (TPSA) is 343 Å². The van der Waals surface area contributed by atoms with E-state index in [2.05, 4.69) is 120 Å². The number of hydrogen-bond acceptors (Lipinski definition) is 18. The Kier molecular flexibility index (Phi) is 22.7. The molecule has 0 aliphatic rings.